The number of rotatable bonds is 4. The molecule has 4 aromatic rings. The van der Waals surface area contributed by atoms with E-state index < -0.39 is 29.8 Å². The van der Waals surface area contributed by atoms with Gasteiger partial charge >= 0.3 is 6.18 Å². The van der Waals surface area contributed by atoms with Gasteiger partial charge in [0, 0.05) is 4.47 Å². The molecule has 31 heavy (non-hydrogen) atoms. The Labute approximate surface area is 180 Å². The fourth-order valence-electron chi connectivity index (χ4n) is 2.93. The van der Waals surface area contributed by atoms with E-state index in [4.69, 9.17) is 0 Å². The molecular formula is C19H12BrF3N6O2. The van der Waals surface area contributed by atoms with E-state index >= 15 is 0 Å². The van der Waals surface area contributed by atoms with E-state index in [-0.39, 0.29) is 11.4 Å². The molecule has 2 aromatic carbocycles. The van der Waals surface area contributed by atoms with E-state index in [9.17, 15) is 22.8 Å². The van der Waals surface area contributed by atoms with Crippen LogP contribution < -0.4 is 10.9 Å². The molecule has 2 aromatic heterocycles. The van der Waals surface area contributed by atoms with Crippen molar-refractivity contribution in [3.8, 4) is 5.69 Å². The number of fused-ring (bicyclic) bond motifs is 1. The Hall–Kier alpha value is -3.54. The van der Waals surface area contributed by atoms with Gasteiger partial charge in [-0.3, -0.25) is 14.2 Å². The molecule has 0 aliphatic heterocycles. The van der Waals surface area contributed by atoms with Crippen molar-refractivity contribution in [2.75, 3.05) is 5.32 Å². The SMILES string of the molecule is O=C(Cn1cnc2ccc(Br)cc2c1=O)Nc1cc(C(F)(F)F)ccc1-n1cncn1. The number of hydrogen-bond donors (Lipinski definition) is 1. The molecule has 8 nitrogen and oxygen atoms in total. The van der Waals surface area contributed by atoms with E-state index in [2.05, 4.69) is 36.3 Å². The number of halogens is 4. The molecule has 0 saturated heterocycles. The van der Waals surface area contributed by atoms with Crippen LogP contribution in [0.25, 0.3) is 16.6 Å². The number of amides is 1. The van der Waals surface area contributed by atoms with Crippen molar-refractivity contribution in [1.29, 1.82) is 0 Å². The summed E-state index contributed by atoms with van der Waals surface area (Å²) in [5, 5.41) is 6.61. The number of carbonyl (C=O) groups is 1. The monoisotopic (exact) mass is 492 g/mol. The van der Waals surface area contributed by atoms with E-state index in [1.54, 1.807) is 18.2 Å². The third-order valence-corrected chi connectivity index (χ3v) is 4.86. The molecule has 1 N–H and O–H groups in total. The van der Waals surface area contributed by atoms with E-state index in [1.165, 1.54) is 29.7 Å². The molecular weight excluding hydrogens is 481 g/mol. The maximum absolute atomic E-state index is 13.2. The standard InChI is InChI=1S/C19H12BrF3N6O2/c20-12-2-3-14-13(6-12)18(31)28(10-25-14)7-17(30)27-15-5-11(19(21,22)23)1-4-16(15)29-9-24-8-26-29/h1-6,8-10H,7H2,(H,27,30). The third kappa shape index (κ3) is 4.33. The maximum atomic E-state index is 13.2. The molecule has 0 atom stereocenters. The predicted octanol–water partition coefficient (Wildman–Crippen LogP) is 3.40. The molecule has 2 heterocycles. The van der Waals surface area contributed by atoms with Crippen molar-refractivity contribution >= 4 is 38.4 Å². The molecule has 0 aliphatic carbocycles. The fraction of sp³-hybridized carbons (Fsp3) is 0.105. The second-order valence-electron chi connectivity index (χ2n) is 6.46. The lowest BCUT2D eigenvalue weighted by molar-refractivity contribution is -0.137. The molecule has 0 spiro atoms. The summed E-state index contributed by atoms with van der Waals surface area (Å²) in [6, 6.07) is 7.81. The summed E-state index contributed by atoms with van der Waals surface area (Å²) in [6.45, 7) is -0.443. The Balaban J connectivity index is 1.66. The molecule has 12 heteroatoms. The van der Waals surface area contributed by atoms with E-state index in [0.717, 1.165) is 16.7 Å². The molecule has 158 valence electrons. The van der Waals surface area contributed by atoms with Gasteiger partial charge in [-0.05, 0) is 36.4 Å². The van der Waals surface area contributed by atoms with Crippen LogP contribution in [-0.2, 0) is 17.5 Å². The number of anilines is 1. The minimum atomic E-state index is -4.60. The van der Waals surface area contributed by atoms with Gasteiger partial charge in [0.25, 0.3) is 5.56 Å². The Morgan fingerprint density at radius 3 is 2.65 bits per heavy atom. The summed E-state index contributed by atoms with van der Waals surface area (Å²) in [5.41, 5.74) is -0.888. The second kappa shape index (κ2) is 7.95. The highest BCUT2D eigenvalue weighted by Gasteiger charge is 2.31. The average Bonchev–Trinajstić information content (AvgIpc) is 3.24. The topological polar surface area (TPSA) is 94.7 Å². The van der Waals surface area contributed by atoms with Gasteiger partial charge in [-0.2, -0.15) is 18.3 Å². The molecule has 0 bridgehead atoms. The lowest BCUT2D eigenvalue weighted by Crippen LogP contribution is -2.28. The smallest absolute Gasteiger partial charge is 0.323 e. The summed E-state index contributed by atoms with van der Waals surface area (Å²) >= 11 is 3.28. The van der Waals surface area contributed by atoms with Crippen molar-refractivity contribution < 1.29 is 18.0 Å². The molecule has 0 unspecified atom stereocenters. The first-order chi connectivity index (χ1) is 14.7. The number of nitrogens with one attached hydrogen (secondary N) is 1. The molecule has 4 rings (SSSR count). The molecule has 0 aliphatic rings. The summed E-state index contributed by atoms with van der Waals surface area (Å²) in [5.74, 6) is -0.709. The quantitative estimate of drug-likeness (QED) is 0.471. The van der Waals surface area contributed by atoms with Crippen molar-refractivity contribution in [3.05, 3.63) is 75.8 Å². The highest BCUT2D eigenvalue weighted by Crippen LogP contribution is 2.33. The zero-order valence-electron chi connectivity index (χ0n) is 15.5. The van der Waals surface area contributed by atoms with Gasteiger partial charge in [-0.1, -0.05) is 15.9 Å². The number of alkyl halides is 3. The summed E-state index contributed by atoms with van der Waals surface area (Å²) < 4.78 is 42.4. The largest absolute Gasteiger partial charge is 0.416 e. The van der Waals surface area contributed by atoms with Gasteiger partial charge in [0.2, 0.25) is 5.91 Å². The van der Waals surface area contributed by atoms with Gasteiger partial charge in [0.1, 0.15) is 19.2 Å². The molecule has 0 saturated carbocycles. The van der Waals surface area contributed by atoms with Crippen LogP contribution in [-0.4, -0.2) is 30.2 Å². The second-order valence-corrected chi connectivity index (χ2v) is 7.37. The zero-order valence-corrected chi connectivity index (χ0v) is 17.1. The lowest BCUT2D eigenvalue weighted by Gasteiger charge is -2.15. The van der Waals surface area contributed by atoms with Gasteiger partial charge in [-0.25, -0.2) is 14.6 Å². The Morgan fingerprint density at radius 2 is 1.94 bits per heavy atom. The lowest BCUT2D eigenvalue weighted by atomic mass is 10.1. The van der Waals surface area contributed by atoms with Crippen molar-refractivity contribution in [1.82, 2.24) is 24.3 Å². The summed E-state index contributed by atoms with van der Waals surface area (Å²) in [7, 11) is 0. The summed E-state index contributed by atoms with van der Waals surface area (Å²) in [4.78, 5) is 33.1. The van der Waals surface area contributed by atoms with Gasteiger partial charge in [0.15, 0.2) is 0 Å². The van der Waals surface area contributed by atoms with Crippen LogP contribution in [0.2, 0.25) is 0 Å². The van der Waals surface area contributed by atoms with Gasteiger partial charge in [0.05, 0.1) is 34.2 Å². The van der Waals surface area contributed by atoms with Crippen LogP contribution in [0.15, 0.2) is 64.6 Å². The molecule has 0 radical (unpaired) electrons. The Kier molecular flexibility index (Phi) is 5.31. The van der Waals surface area contributed by atoms with Crippen LogP contribution in [0.5, 0.6) is 0 Å². The van der Waals surface area contributed by atoms with E-state index in [1.807, 2.05) is 0 Å². The van der Waals surface area contributed by atoms with Crippen LogP contribution >= 0.6 is 15.9 Å². The zero-order chi connectivity index (χ0) is 22.2. The van der Waals surface area contributed by atoms with Crippen molar-refractivity contribution in [2.24, 2.45) is 0 Å². The average molecular weight is 493 g/mol. The molecule has 0 fully saturated rings. The summed E-state index contributed by atoms with van der Waals surface area (Å²) in [6.07, 6.45) is -0.898. The van der Waals surface area contributed by atoms with Crippen LogP contribution in [0.3, 0.4) is 0 Å². The van der Waals surface area contributed by atoms with Gasteiger partial charge < -0.3 is 5.32 Å². The predicted molar refractivity (Wildman–Crippen MR) is 109 cm³/mol. The van der Waals surface area contributed by atoms with E-state index in [0.29, 0.717) is 15.4 Å². The number of hydrogen-bond acceptors (Lipinski definition) is 5. The number of nitrogens with zero attached hydrogens (tertiary/aromatic N) is 5. The number of carbonyl (C=O) groups excluding carboxylic acids is 1. The normalized spacial score (nSPS) is 11.6. The Morgan fingerprint density at radius 1 is 1.13 bits per heavy atom. The molecule has 1 amide bonds. The number of benzene rings is 2. The highest BCUT2D eigenvalue weighted by atomic mass is 79.9. The van der Waals surface area contributed by atoms with Gasteiger partial charge in [-0.15, -0.1) is 0 Å². The third-order valence-electron chi connectivity index (χ3n) is 4.36. The minimum absolute atomic E-state index is 0.130. The van der Waals surface area contributed by atoms with Crippen LogP contribution in [0, 0.1) is 0 Å². The first-order valence-corrected chi connectivity index (χ1v) is 9.52. The first kappa shape index (κ1) is 20.7. The van der Waals surface area contributed by atoms with Crippen LogP contribution in [0.4, 0.5) is 18.9 Å². The Bertz CT molecular complexity index is 1330. The minimum Gasteiger partial charge on any atom is -0.323 e. The van der Waals surface area contributed by atoms with Crippen molar-refractivity contribution in [2.45, 2.75) is 12.7 Å². The van der Waals surface area contributed by atoms with Crippen LogP contribution in [0.1, 0.15) is 5.56 Å². The highest BCUT2D eigenvalue weighted by molar-refractivity contribution is 9.10. The fourth-order valence-corrected chi connectivity index (χ4v) is 3.29. The van der Waals surface area contributed by atoms with Crippen molar-refractivity contribution in [3.63, 3.8) is 0 Å². The number of aromatic nitrogens is 5. The maximum Gasteiger partial charge on any atom is 0.416 e. The first-order valence-electron chi connectivity index (χ1n) is 8.73.